The molecule has 1 fully saturated rings. The fourth-order valence-electron chi connectivity index (χ4n) is 4.01. The van der Waals surface area contributed by atoms with Crippen LogP contribution >= 0.6 is 0 Å². The van der Waals surface area contributed by atoms with Gasteiger partial charge in [0, 0.05) is 44.1 Å². The summed E-state index contributed by atoms with van der Waals surface area (Å²) in [4.78, 5) is 9.06. The van der Waals surface area contributed by atoms with Gasteiger partial charge in [0.15, 0.2) is 0 Å². The van der Waals surface area contributed by atoms with E-state index in [1.807, 2.05) is 12.1 Å². The highest BCUT2D eigenvalue weighted by atomic mass is 19.1. The summed E-state index contributed by atoms with van der Waals surface area (Å²) in [6, 6.07) is 11.6. The van der Waals surface area contributed by atoms with E-state index in [2.05, 4.69) is 20.9 Å². The summed E-state index contributed by atoms with van der Waals surface area (Å²) < 4.78 is 13.4. The molecule has 0 saturated carbocycles. The van der Waals surface area contributed by atoms with Gasteiger partial charge >= 0.3 is 0 Å². The number of pyridine rings is 1. The van der Waals surface area contributed by atoms with Crippen LogP contribution in [0.2, 0.25) is 0 Å². The molecule has 4 rings (SSSR count). The van der Waals surface area contributed by atoms with Crippen LogP contribution in [0.1, 0.15) is 29.7 Å². The quantitative estimate of drug-likeness (QED) is 0.864. The van der Waals surface area contributed by atoms with Gasteiger partial charge in [0.05, 0.1) is 0 Å². The summed E-state index contributed by atoms with van der Waals surface area (Å²) in [5, 5.41) is 8.82. The molecule has 2 aromatic rings. The number of hydrogen-bond acceptors (Lipinski definition) is 4. The smallest absolute Gasteiger partial charge is 0.140 e. The molecule has 0 aliphatic carbocycles. The predicted octanol–water partition coefficient (Wildman–Crippen LogP) is 3.12. The van der Waals surface area contributed by atoms with Gasteiger partial charge in [0.1, 0.15) is 17.6 Å². The highest BCUT2D eigenvalue weighted by Crippen LogP contribution is 2.33. The molecule has 1 saturated heterocycles. The number of hydrogen-bond donors (Lipinski definition) is 0. The van der Waals surface area contributed by atoms with Gasteiger partial charge in [-0.15, -0.1) is 0 Å². The van der Waals surface area contributed by atoms with Gasteiger partial charge in [0.25, 0.3) is 0 Å². The molecule has 0 amide bonds. The van der Waals surface area contributed by atoms with Gasteiger partial charge in [0.2, 0.25) is 0 Å². The molecular formula is C20H21FN4. The number of aromatic nitrogens is 1. The van der Waals surface area contributed by atoms with Crippen LogP contribution < -0.4 is 4.90 Å². The van der Waals surface area contributed by atoms with E-state index in [1.54, 1.807) is 24.4 Å². The highest BCUT2D eigenvalue weighted by molar-refractivity contribution is 5.58. The monoisotopic (exact) mass is 336 g/mol. The molecule has 128 valence electrons. The zero-order valence-electron chi connectivity index (χ0n) is 14.2. The van der Waals surface area contributed by atoms with Crippen LogP contribution in [-0.4, -0.2) is 35.6 Å². The van der Waals surface area contributed by atoms with Crippen molar-refractivity contribution in [2.24, 2.45) is 0 Å². The summed E-state index contributed by atoms with van der Waals surface area (Å²) in [6.07, 6.45) is 5.00. The van der Waals surface area contributed by atoms with Crippen molar-refractivity contribution in [1.29, 1.82) is 5.26 Å². The van der Waals surface area contributed by atoms with Crippen molar-refractivity contribution >= 4 is 5.69 Å². The molecule has 25 heavy (non-hydrogen) atoms. The van der Waals surface area contributed by atoms with Gasteiger partial charge in [-0.05, 0) is 54.7 Å². The van der Waals surface area contributed by atoms with Crippen molar-refractivity contribution < 1.29 is 4.39 Å². The van der Waals surface area contributed by atoms with Gasteiger partial charge < -0.3 is 4.90 Å². The Balaban J connectivity index is 1.35. The lowest BCUT2D eigenvalue weighted by molar-refractivity contribution is 0.202. The van der Waals surface area contributed by atoms with E-state index in [1.165, 1.54) is 5.69 Å². The lowest BCUT2D eigenvalue weighted by Crippen LogP contribution is -2.44. The zero-order chi connectivity index (χ0) is 17.2. The maximum absolute atomic E-state index is 13.4. The summed E-state index contributed by atoms with van der Waals surface area (Å²) in [5.74, 6) is -0.133. The molecule has 0 radical (unpaired) electrons. The molecule has 5 heteroatoms. The second kappa shape index (κ2) is 6.81. The average Bonchev–Trinajstić information content (AvgIpc) is 3.06. The summed E-state index contributed by atoms with van der Waals surface area (Å²) >= 11 is 0. The summed E-state index contributed by atoms with van der Waals surface area (Å²) in [7, 11) is 0. The van der Waals surface area contributed by atoms with E-state index in [-0.39, 0.29) is 5.82 Å². The number of fused-ring (bicyclic) bond motifs is 1. The lowest BCUT2D eigenvalue weighted by atomic mass is 10.0. The second-order valence-corrected chi connectivity index (χ2v) is 6.89. The largest absolute Gasteiger partial charge is 0.368 e. The first kappa shape index (κ1) is 16.0. The van der Waals surface area contributed by atoms with Crippen molar-refractivity contribution in [3.63, 3.8) is 0 Å². The Morgan fingerprint density at radius 2 is 2.00 bits per heavy atom. The van der Waals surface area contributed by atoms with E-state index in [4.69, 9.17) is 5.26 Å². The van der Waals surface area contributed by atoms with Crippen LogP contribution in [0.3, 0.4) is 0 Å². The summed E-state index contributed by atoms with van der Waals surface area (Å²) in [6.45, 7) is 3.99. The molecule has 2 aliphatic heterocycles. The first-order valence-corrected chi connectivity index (χ1v) is 8.85. The van der Waals surface area contributed by atoms with Crippen molar-refractivity contribution in [2.75, 3.05) is 24.5 Å². The van der Waals surface area contributed by atoms with Crippen molar-refractivity contribution in [1.82, 2.24) is 9.88 Å². The number of benzene rings is 1. The molecule has 2 aliphatic rings. The second-order valence-electron chi connectivity index (χ2n) is 6.89. The third-order valence-electron chi connectivity index (χ3n) is 5.32. The third-order valence-corrected chi connectivity index (χ3v) is 5.32. The fraction of sp³-hybridized carbons (Fsp3) is 0.400. The average molecular weight is 336 g/mol. The number of halogens is 1. The Hall–Kier alpha value is -2.45. The standard InChI is InChI=1S/C20H21FN4/c21-17-2-4-20-16(11-17)5-10-25(20)19-6-8-24(9-7-19)14-15-1-3-18(12-22)23-13-15/h1-4,11,13,19H,5-10,14H2. The fourth-order valence-corrected chi connectivity index (χ4v) is 4.01. The molecular weight excluding hydrogens is 315 g/mol. The molecule has 1 aromatic carbocycles. The van der Waals surface area contributed by atoms with Crippen molar-refractivity contribution in [3.05, 3.63) is 59.2 Å². The minimum atomic E-state index is -0.133. The Morgan fingerprint density at radius 1 is 1.16 bits per heavy atom. The molecule has 4 nitrogen and oxygen atoms in total. The van der Waals surface area contributed by atoms with Crippen LogP contribution in [0.25, 0.3) is 0 Å². The van der Waals surface area contributed by atoms with Crippen LogP contribution in [0, 0.1) is 17.1 Å². The van der Waals surface area contributed by atoms with Crippen LogP contribution in [-0.2, 0) is 13.0 Å². The minimum absolute atomic E-state index is 0.133. The van der Waals surface area contributed by atoms with E-state index in [0.717, 1.165) is 56.6 Å². The first-order chi connectivity index (χ1) is 12.2. The molecule has 3 heterocycles. The highest BCUT2D eigenvalue weighted by Gasteiger charge is 2.29. The number of anilines is 1. The SMILES string of the molecule is N#Cc1ccc(CN2CCC(N3CCc4cc(F)ccc43)CC2)cn1. The zero-order valence-corrected chi connectivity index (χ0v) is 14.2. The number of nitrogens with zero attached hydrogens (tertiary/aromatic N) is 4. The van der Waals surface area contributed by atoms with Crippen LogP contribution in [0.4, 0.5) is 10.1 Å². The van der Waals surface area contributed by atoms with E-state index >= 15 is 0 Å². The maximum Gasteiger partial charge on any atom is 0.140 e. The van der Waals surface area contributed by atoms with Crippen LogP contribution in [0.15, 0.2) is 36.5 Å². The maximum atomic E-state index is 13.4. The lowest BCUT2D eigenvalue weighted by Gasteiger charge is -2.38. The van der Waals surface area contributed by atoms with E-state index < -0.39 is 0 Å². The minimum Gasteiger partial charge on any atom is -0.368 e. The normalized spacial score (nSPS) is 18.2. The van der Waals surface area contributed by atoms with Gasteiger partial charge in [-0.2, -0.15) is 5.26 Å². The molecule has 0 unspecified atom stereocenters. The van der Waals surface area contributed by atoms with Crippen molar-refractivity contribution in [2.45, 2.75) is 31.8 Å². The van der Waals surface area contributed by atoms with Crippen LogP contribution in [0.5, 0.6) is 0 Å². The number of rotatable bonds is 3. The van der Waals surface area contributed by atoms with Gasteiger partial charge in [-0.1, -0.05) is 6.07 Å². The Labute approximate surface area is 147 Å². The Kier molecular flexibility index (Phi) is 4.37. The Morgan fingerprint density at radius 3 is 2.72 bits per heavy atom. The number of likely N-dealkylation sites (tertiary alicyclic amines) is 1. The van der Waals surface area contributed by atoms with Gasteiger partial charge in [-0.25, -0.2) is 9.37 Å². The number of piperidine rings is 1. The topological polar surface area (TPSA) is 43.2 Å². The summed E-state index contributed by atoms with van der Waals surface area (Å²) in [5.41, 5.74) is 3.98. The van der Waals surface area contributed by atoms with E-state index in [0.29, 0.717) is 11.7 Å². The third kappa shape index (κ3) is 3.35. The number of nitriles is 1. The molecule has 0 spiro atoms. The molecule has 0 atom stereocenters. The van der Waals surface area contributed by atoms with E-state index in [9.17, 15) is 4.39 Å². The van der Waals surface area contributed by atoms with Gasteiger partial charge in [-0.3, -0.25) is 4.90 Å². The Bertz CT molecular complexity index is 788. The van der Waals surface area contributed by atoms with Crippen molar-refractivity contribution in [3.8, 4) is 6.07 Å². The molecule has 1 aromatic heterocycles. The molecule has 0 N–H and O–H groups in total. The predicted molar refractivity (Wildman–Crippen MR) is 94.7 cm³/mol. The molecule has 0 bridgehead atoms. The first-order valence-electron chi connectivity index (χ1n) is 8.85.